The van der Waals surface area contributed by atoms with E-state index < -0.39 is 0 Å². The molecule has 1 N–H and O–H groups in total. The van der Waals surface area contributed by atoms with Gasteiger partial charge in [0.2, 0.25) is 11.9 Å². The predicted octanol–water partition coefficient (Wildman–Crippen LogP) is 4.93. The van der Waals surface area contributed by atoms with Gasteiger partial charge in [0.15, 0.2) is 0 Å². The summed E-state index contributed by atoms with van der Waals surface area (Å²) in [6, 6.07) is 23.8. The van der Waals surface area contributed by atoms with E-state index >= 15 is 0 Å². The van der Waals surface area contributed by atoms with Crippen LogP contribution in [-0.4, -0.2) is 35.3 Å². The minimum Gasteiger partial charge on any atom is -0.497 e. The number of amides is 1. The first kappa shape index (κ1) is 21.3. The second kappa shape index (κ2) is 9.50. The number of nitrogens with one attached hydrogen (secondary N) is 1. The van der Waals surface area contributed by atoms with Gasteiger partial charge in [-0.2, -0.15) is 0 Å². The van der Waals surface area contributed by atoms with Crippen LogP contribution in [0.25, 0.3) is 10.9 Å². The summed E-state index contributed by atoms with van der Waals surface area (Å²) in [5.41, 5.74) is 4.33. The Kier molecular flexibility index (Phi) is 6.13. The van der Waals surface area contributed by atoms with Crippen molar-refractivity contribution in [1.29, 1.82) is 0 Å². The number of aromatic nitrogens is 2. The lowest BCUT2D eigenvalue weighted by molar-refractivity contribution is -0.113. The first-order chi connectivity index (χ1) is 16.2. The number of carbonyl (C=O) groups is 1. The number of hydrogen-bond acceptors (Lipinski definition) is 6. The van der Waals surface area contributed by atoms with Gasteiger partial charge in [0.25, 0.3) is 0 Å². The summed E-state index contributed by atoms with van der Waals surface area (Å²) >= 11 is 1.43. The number of anilines is 2. The van der Waals surface area contributed by atoms with E-state index in [0.29, 0.717) is 5.95 Å². The Labute approximate surface area is 197 Å². The highest BCUT2D eigenvalue weighted by atomic mass is 32.2. The van der Waals surface area contributed by atoms with Gasteiger partial charge in [0.05, 0.1) is 18.4 Å². The molecule has 0 atom stereocenters. The van der Waals surface area contributed by atoms with E-state index in [-0.39, 0.29) is 11.7 Å². The molecule has 1 amide bonds. The van der Waals surface area contributed by atoms with Gasteiger partial charge in [-0.1, -0.05) is 54.2 Å². The molecule has 0 saturated heterocycles. The molecule has 0 unspecified atom stereocenters. The highest BCUT2D eigenvalue weighted by Crippen LogP contribution is 2.30. The first-order valence-corrected chi connectivity index (χ1v) is 11.8. The Bertz CT molecular complexity index is 1290. The Hall–Kier alpha value is -3.58. The molecule has 6 nitrogen and oxygen atoms in total. The number of hydrogen-bond donors (Lipinski definition) is 1. The molecule has 2 heterocycles. The van der Waals surface area contributed by atoms with Crippen LogP contribution in [0.4, 0.5) is 11.6 Å². The zero-order valence-electron chi connectivity index (χ0n) is 18.3. The van der Waals surface area contributed by atoms with Crippen LogP contribution in [0, 0.1) is 0 Å². The van der Waals surface area contributed by atoms with Crippen LogP contribution in [0.5, 0.6) is 5.75 Å². The Morgan fingerprint density at radius 1 is 1.00 bits per heavy atom. The van der Waals surface area contributed by atoms with E-state index in [4.69, 9.17) is 14.7 Å². The molecule has 5 rings (SSSR count). The molecule has 0 spiro atoms. The predicted molar refractivity (Wildman–Crippen MR) is 133 cm³/mol. The maximum absolute atomic E-state index is 12.6. The molecule has 1 aliphatic heterocycles. The third kappa shape index (κ3) is 4.78. The number of benzene rings is 3. The summed E-state index contributed by atoms with van der Waals surface area (Å²) in [6.07, 6.45) is 0.971. The third-order valence-electron chi connectivity index (χ3n) is 5.68. The lowest BCUT2D eigenvalue weighted by atomic mass is 10.0. The van der Waals surface area contributed by atoms with Crippen molar-refractivity contribution < 1.29 is 9.53 Å². The third-order valence-corrected chi connectivity index (χ3v) is 6.67. The molecule has 33 heavy (non-hydrogen) atoms. The lowest BCUT2D eigenvalue weighted by Gasteiger charge is -2.29. The number of rotatable bonds is 6. The summed E-state index contributed by atoms with van der Waals surface area (Å²) < 4.78 is 5.17. The van der Waals surface area contributed by atoms with Crippen molar-refractivity contribution in [3.63, 3.8) is 0 Å². The summed E-state index contributed by atoms with van der Waals surface area (Å²) in [4.78, 5) is 24.5. The van der Waals surface area contributed by atoms with Crippen molar-refractivity contribution in [1.82, 2.24) is 9.97 Å². The average Bonchev–Trinajstić information content (AvgIpc) is 2.87. The second-order valence-corrected chi connectivity index (χ2v) is 8.82. The van der Waals surface area contributed by atoms with Crippen molar-refractivity contribution in [2.24, 2.45) is 0 Å². The first-order valence-electron chi connectivity index (χ1n) is 10.8. The minimum absolute atomic E-state index is 0.0821. The van der Waals surface area contributed by atoms with E-state index in [2.05, 4.69) is 34.5 Å². The van der Waals surface area contributed by atoms with Crippen molar-refractivity contribution in [2.45, 2.75) is 18.0 Å². The number of thioether (sulfide) groups is 1. The molecule has 4 aromatic rings. The van der Waals surface area contributed by atoms with Gasteiger partial charge in [-0.25, -0.2) is 9.97 Å². The smallest absolute Gasteiger partial charge is 0.234 e. The van der Waals surface area contributed by atoms with Crippen molar-refractivity contribution in [2.75, 3.05) is 29.6 Å². The van der Waals surface area contributed by atoms with Gasteiger partial charge in [-0.05, 0) is 47.9 Å². The fraction of sp³-hybridized carbons (Fsp3) is 0.192. The van der Waals surface area contributed by atoms with Gasteiger partial charge in [-0.3, -0.25) is 4.79 Å². The van der Waals surface area contributed by atoms with Gasteiger partial charge < -0.3 is 15.0 Å². The maximum Gasteiger partial charge on any atom is 0.234 e. The topological polar surface area (TPSA) is 67.3 Å². The molecule has 0 fully saturated rings. The van der Waals surface area contributed by atoms with Gasteiger partial charge in [0, 0.05) is 24.2 Å². The van der Waals surface area contributed by atoms with Crippen molar-refractivity contribution in [3.8, 4) is 5.75 Å². The standard InChI is InChI=1S/C26H24N4O2S/c1-32-21-12-10-20(11-13-21)27-24(31)17-33-25-22-8-4-5-9-23(22)28-26(29-25)30-15-14-18-6-2-3-7-19(18)16-30/h2-13H,14-17H2,1H3,(H,27,31). The molecule has 3 aromatic carbocycles. The normalized spacial score (nSPS) is 12.9. The molecule has 7 heteroatoms. The molecule has 0 radical (unpaired) electrons. The molecule has 1 aromatic heterocycles. The molecule has 1 aliphatic rings. The molecule has 166 valence electrons. The number of methoxy groups -OCH3 is 1. The Morgan fingerprint density at radius 3 is 2.58 bits per heavy atom. The van der Waals surface area contributed by atoms with Gasteiger partial charge in [-0.15, -0.1) is 0 Å². The average molecular weight is 457 g/mol. The highest BCUT2D eigenvalue weighted by Gasteiger charge is 2.20. The van der Waals surface area contributed by atoms with Crippen LogP contribution in [-0.2, 0) is 17.8 Å². The summed E-state index contributed by atoms with van der Waals surface area (Å²) in [6.45, 7) is 1.66. The zero-order valence-corrected chi connectivity index (χ0v) is 19.1. The summed E-state index contributed by atoms with van der Waals surface area (Å²) in [7, 11) is 1.62. The molecular formula is C26H24N4O2S. The van der Waals surface area contributed by atoms with Crippen molar-refractivity contribution >= 4 is 40.2 Å². The monoisotopic (exact) mass is 456 g/mol. The summed E-state index contributed by atoms with van der Waals surface area (Å²) in [5.74, 6) is 1.64. The van der Waals surface area contributed by atoms with Crippen LogP contribution in [0.3, 0.4) is 0 Å². The number of para-hydroxylation sites is 1. The second-order valence-electron chi connectivity index (χ2n) is 7.85. The number of fused-ring (bicyclic) bond motifs is 2. The van der Waals surface area contributed by atoms with Crippen LogP contribution in [0.2, 0.25) is 0 Å². The van der Waals surface area contributed by atoms with E-state index in [0.717, 1.165) is 46.9 Å². The molecule has 0 saturated carbocycles. The molecule has 0 aliphatic carbocycles. The van der Waals surface area contributed by atoms with Gasteiger partial charge >= 0.3 is 0 Å². The van der Waals surface area contributed by atoms with Crippen LogP contribution >= 0.6 is 11.8 Å². The Morgan fingerprint density at radius 2 is 1.76 bits per heavy atom. The largest absolute Gasteiger partial charge is 0.497 e. The number of nitrogens with zero attached hydrogens (tertiary/aromatic N) is 3. The van der Waals surface area contributed by atoms with Crippen LogP contribution in [0.1, 0.15) is 11.1 Å². The Balaban J connectivity index is 1.34. The van der Waals surface area contributed by atoms with Crippen LogP contribution < -0.4 is 15.0 Å². The van der Waals surface area contributed by atoms with Crippen LogP contribution in [0.15, 0.2) is 77.8 Å². The van der Waals surface area contributed by atoms with E-state index in [1.54, 1.807) is 7.11 Å². The number of carbonyl (C=O) groups excluding carboxylic acids is 1. The summed E-state index contributed by atoms with van der Waals surface area (Å²) in [5, 5.41) is 4.71. The molecule has 0 bridgehead atoms. The zero-order chi connectivity index (χ0) is 22.6. The van der Waals surface area contributed by atoms with E-state index in [9.17, 15) is 4.79 Å². The molecular weight excluding hydrogens is 432 g/mol. The SMILES string of the molecule is COc1ccc(NC(=O)CSc2nc(N3CCc4ccccc4C3)nc3ccccc23)cc1. The van der Waals surface area contributed by atoms with Gasteiger partial charge in [0.1, 0.15) is 10.8 Å². The highest BCUT2D eigenvalue weighted by molar-refractivity contribution is 8.00. The van der Waals surface area contributed by atoms with E-state index in [1.807, 2.05) is 48.5 Å². The fourth-order valence-corrected chi connectivity index (χ4v) is 4.77. The quantitative estimate of drug-likeness (QED) is 0.328. The fourth-order valence-electron chi connectivity index (χ4n) is 3.96. The number of ether oxygens (including phenoxy) is 1. The van der Waals surface area contributed by atoms with Crippen molar-refractivity contribution in [3.05, 3.63) is 83.9 Å². The van der Waals surface area contributed by atoms with E-state index in [1.165, 1.54) is 22.9 Å². The lowest BCUT2D eigenvalue weighted by Crippen LogP contribution is -2.31. The maximum atomic E-state index is 12.6. The minimum atomic E-state index is -0.0821.